The lowest BCUT2D eigenvalue weighted by molar-refractivity contribution is -0.137. The van der Waals surface area contributed by atoms with Crippen LogP contribution in [0.3, 0.4) is 0 Å². The van der Waals surface area contributed by atoms with Gasteiger partial charge in [0, 0.05) is 12.7 Å². The summed E-state index contributed by atoms with van der Waals surface area (Å²) in [6, 6.07) is 2.24. The first kappa shape index (κ1) is 24.2. The van der Waals surface area contributed by atoms with Crippen LogP contribution < -0.4 is 5.32 Å². The van der Waals surface area contributed by atoms with Crippen molar-refractivity contribution in [3.63, 3.8) is 0 Å². The van der Waals surface area contributed by atoms with Crippen molar-refractivity contribution in [1.29, 1.82) is 0 Å². The van der Waals surface area contributed by atoms with Gasteiger partial charge >= 0.3 is 6.18 Å². The molecule has 1 fully saturated rings. The summed E-state index contributed by atoms with van der Waals surface area (Å²) in [5.74, 6) is 0.776. The van der Waals surface area contributed by atoms with Gasteiger partial charge < -0.3 is 10.2 Å². The molecule has 2 aromatic rings. The van der Waals surface area contributed by atoms with Gasteiger partial charge in [-0.3, -0.25) is 4.79 Å². The largest absolute Gasteiger partial charge is 0.417 e. The molecule has 6 nitrogen and oxygen atoms in total. The van der Waals surface area contributed by atoms with Gasteiger partial charge in [0.2, 0.25) is 0 Å². The summed E-state index contributed by atoms with van der Waals surface area (Å²) in [7, 11) is 0. The number of rotatable bonds is 8. The number of hydrogen-bond acceptors (Lipinski definition) is 4. The lowest BCUT2D eigenvalue weighted by atomic mass is 9.99. The van der Waals surface area contributed by atoms with Crippen molar-refractivity contribution in [2.45, 2.75) is 58.5 Å². The Balaban J connectivity index is 1.58. The van der Waals surface area contributed by atoms with Crippen molar-refractivity contribution in [2.24, 2.45) is 5.92 Å². The average molecular weight is 452 g/mol. The van der Waals surface area contributed by atoms with Crippen molar-refractivity contribution >= 4 is 5.91 Å². The fraction of sp³-hybridized carbons (Fsp3) is 0.609. The van der Waals surface area contributed by atoms with Gasteiger partial charge in [-0.2, -0.15) is 18.3 Å². The SMILES string of the molecule is CC1CCN(CCCCNC(=O)c2cnn(-c3ccc(C(F)(F)F)cn3)c2C(C)C)CC1. The molecule has 32 heavy (non-hydrogen) atoms. The van der Waals surface area contributed by atoms with Gasteiger partial charge in [0.25, 0.3) is 5.91 Å². The van der Waals surface area contributed by atoms with Crippen LogP contribution in [0.15, 0.2) is 24.5 Å². The zero-order valence-corrected chi connectivity index (χ0v) is 19.0. The Bertz CT molecular complexity index is 884. The van der Waals surface area contributed by atoms with E-state index in [1.165, 1.54) is 29.8 Å². The number of unbranched alkanes of at least 4 members (excludes halogenated alkanes) is 1. The molecule has 0 bridgehead atoms. The molecular weight excluding hydrogens is 419 g/mol. The summed E-state index contributed by atoms with van der Waals surface area (Å²) in [4.78, 5) is 19.2. The molecule has 0 spiro atoms. The highest BCUT2D eigenvalue weighted by Crippen LogP contribution is 2.29. The highest BCUT2D eigenvalue weighted by Gasteiger charge is 2.31. The normalized spacial score (nSPS) is 16.0. The maximum atomic E-state index is 12.8. The zero-order valence-electron chi connectivity index (χ0n) is 19.0. The average Bonchev–Trinajstić information content (AvgIpc) is 3.20. The molecular formula is C23H32F3N5O. The Morgan fingerprint density at radius 3 is 2.50 bits per heavy atom. The second-order valence-corrected chi connectivity index (χ2v) is 8.90. The number of halogens is 3. The highest BCUT2D eigenvalue weighted by atomic mass is 19.4. The minimum absolute atomic E-state index is 0.0659. The Morgan fingerprint density at radius 2 is 1.91 bits per heavy atom. The summed E-state index contributed by atoms with van der Waals surface area (Å²) in [5, 5.41) is 7.19. The zero-order chi connectivity index (χ0) is 23.3. The smallest absolute Gasteiger partial charge is 0.352 e. The summed E-state index contributed by atoms with van der Waals surface area (Å²) < 4.78 is 39.9. The third kappa shape index (κ3) is 6.09. The number of nitrogens with zero attached hydrogens (tertiary/aromatic N) is 4. The molecule has 2 aromatic heterocycles. The van der Waals surface area contributed by atoms with Crippen molar-refractivity contribution in [3.8, 4) is 5.82 Å². The number of carbonyl (C=O) groups is 1. The Morgan fingerprint density at radius 1 is 1.19 bits per heavy atom. The van der Waals surface area contributed by atoms with Gasteiger partial charge in [-0.1, -0.05) is 20.8 Å². The first-order valence-corrected chi connectivity index (χ1v) is 11.3. The number of nitrogens with one attached hydrogen (secondary N) is 1. The van der Waals surface area contributed by atoms with E-state index >= 15 is 0 Å². The molecule has 0 aromatic carbocycles. The van der Waals surface area contributed by atoms with Crippen LogP contribution in [0.25, 0.3) is 5.82 Å². The van der Waals surface area contributed by atoms with Crippen LogP contribution in [0.1, 0.15) is 74.0 Å². The number of piperidine rings is 1. The number of likely N-dealkylation sites (tertiary alicyclic amines) is 1. The van der Waals surface area contributed by atoms with Crippen LogP contribution in [0, 0.1) is 5.92 Å². The Kier molecular flexibility index (Phi) is 7.92. The molecule has 1 aliphatic rings. The van der Waals surface area contributed by atoms with E-state index in [-0.39, 0.29) is 17.6 Å². The minimum atomic E-state index is -4.45. The highest BCUT2D eigenvalue weighted by molar-refractivity contribution is 5.95. The van der Waals surface area contributed by atoms with Gasteiger partial charge in [0.05, 0.1) is 23.0 Å². The molecule has 1 saturated heterocycles. The topological polar surface area (TPSA) is 63.1 Å². The minimum Gasteiger partial charge on any atom is -0.352 e. The van der Waals surface area contributed by atoms with Crippen LogP contribution >= 0.6 is 0 Å². The number of alkyl halides is 3. The first-order valence-electron chi connectivity index (χ1n) is 11.3. The van der Waals surface area contributed by atoms with Gasteiger partial charge in [-0.15, -0.1) is 0 Å². The van der Waals surface area contributed by atoms with Gasteiger partial charge in [-0.25, -0.2) is 9.67 Å². The van der Waals surface area contributed by atoms with Crippen molar-refractivity contribution in [1.82, 2.24) is 25.0 Å². The molecule has 0 radical (unpaired) electrons. The first-order chi connectivity index (χ1) is 15.2. The molecule has 9 heteroatoms. The van der Waals surface area contributed by atoms with Crippen molar-refractivity contribution < 1.29 is 18.0 Å². The van der Waals surface area contributed by atoms with Crippen LogP contribution in [0.2, 0.25) is 0 Å². The van der Waals surface area contributed by atoms with E-state index in [9.17, 15) is 18.0 Å². The number of carbonyl (C=O) groups excluding carboxylic acids is 1. The van der Waals surface area contributed by atoms with E-state index < -0.39 is 11.7 Å². The molecule has 1 N–H and O–H groups in total. The number of pyridine rings is 1. The third-order valence-electron chi connectivity index (χ3n) is 5.95. The lowest BCUT2D eigenvalue weighted by Crippen LogP contribution is -2.34. The van der Waals surface area contributed by atoms with E-state index in [1.807, 2.05) is 13.8 Å². The molecule has 3 rings (SSSR count). The standard InChI is InChI=1S/C23H32F3N5O/c1-16(2)21-19(15-29-31(21)20-7-6-18(14-28-20)23(24,25)26)22(32)27-10-4-5-11-30-12-8-17(3)9-13-30/h6-7,14-17H,4-5,8-13H2,1-3H3,(H,27,32). The molecule has 0 unspecified atom stereocenters. The number of amides is 1. The molecule has 1 amide bonds. The molecule has 0 atom stereocenters. The fourth-order valence-electron chi connectivity index (χ4n) is 3.99. The van der Waals surface area contributed by atoms with Crippen LogP contribution in [-0.2, 0) is 6.18 Å². The van der Waals surface area contributed by atoms with E-state index in [0.29, 0.717) is 17.8 Å². The second kappa shape index (κ2) is 10.5. The quantitative estimate of drug-likeness (QED) is 0.594. The molecule has 3 heterocycles. The summed E-state index contributed by atoms with van der Waals surface area (Å²) >= 11 is 0. The predicted octanol–water partition coefficient (Wildman–Crippen LogP) is 4.65. The Hall–Kier alpha value is -2.42. The monoisotopic (exact) mass is 451 g/mol. The third-order valence-corrected chi connectivity index (χ3v) is 5.95. The van der Waals surface area contributed by atoms with E-state index in [4.69, 9.17) is 0 Å². The lowest BCUT2D eigenvalue weighted by Gasteiger charge is -2.30. The van der Waals surface area contributed by atoms with Gasteiger partial charge in [-0.05, 0) is 69.3 Å². The molecule has 0 aliphatic carbocycles. The van der Waals surface area contributed by atoms with Gasteiger partial charge in [0.15, 0.2) is 5.82 Å². The summed E-state index contributed by atoms with van der Waals surface area (Å²) in [6.45, 7) is 10.1. The van der Waals surface area contributed by atoms with E-state index in [0.717, 1.165) is 50.7 Å². The van der Waals surface area contributed by atoms with Crippen LogP contribution in [-0.4, -0.2) is 51.8 Å². The van der Waals surface area contributed by atoms with Crippen molar-refractivity contribution in [3.05, 3.63) is 41.3 Å². The van der Waals surface area contributed by atoms with Crippen LogP contribution in [0.5, 0.6) is 0 Å². The van der Waals surface area contributed by atoms with Crippen LogP contribution in [0.4, 0.5) is 13.2 Å². The second-order valence-electron chi connectivity index (χ2n) is 8.90. The Labute approximate surface area is 187 Å². The summed E-state index contributed by atoms with van der Waals surface area (Å²) in [6.07, 6.45) is 2.22. The molecule has 176 valence electrons. The van der Waals surface area contributed by atoms with E-state index in [1.54, 1.807) is 0 Å². The summed E-state index contributed by atoms with van der Waals surface area (Å²) in [5.41, 5.74) is 0.223. The fourth-order valence-corrected chi connectivity index (χ4v) is 3.99. The molecule has 0 saturated carbocycles. The maximum Gasteiger partial charge on any atom is 0.417 e. The number of aromatic nitrogens is 3. The van der Waals surface area contributed by atoms with Gasteiger partial charge in [0.1, 0.15) is 0 Å². The predicted molar refractivity (Wildman–Crippen MR) is 117 cm³/mol. The maximum absolute atomic E-state index is 12.8. The van der Waals surface area contributed by atoms with E-state index in [2.05, 4.69) is 27.2 Å². The molecule has 1 aliphatic heterocycles. The van der Waals surface area contributed by atoms with Crippen molar-refractivity contribution in [2.75, 3.05) is 26.2 Å². The number of hydrogen-bond donors (Lipinski definition) is 1.